The quantitative estimate of drug-likeness (QED) is 0.855. The number of aliphatic hydroxyl groups excluding tert-OH is 1. The fourth-order valence-electron chi connectivity index (χ4n) is 2.76. The molecule has 0 aliphatic rings. The van der Waals surface area contributed by atoms with Crippen molar-refractivity contribution < 1.29 is 9.90 Å². The summed E-state index contributed by atoms with van der Waals surface area (Å²) in [6.45, 7) is 5.82. The molecular weight excluding hydrogens is 300 g/mol. The lowest BCUT2D eigenvalue weighted by atomic mass is 9.91. The third kappa shape index (κ3) is 3.95. The molecule has 0 aromatic heterocycles. The fourth-order valence-corrected chi connectivity index (χ4v) is 2.76. The van der Waals surface area contributed by atoms with Gasteiger partial charge in [-0.25, -0.2) is 4.79 Å². The van der Waals surface area contributed by atoms with Gasteiger partial charge in [0.25, 0.3) is 0 Å². The smallest absolute Gasteiger partial charge is 0.326 e. The molecule has 4 heteroatoms. The van der Waals surface area contributed by atoms with Crippen LogP contribution in [0.2, 0.25) is 0 Å². The molecule has 128 valence electrons. The summed E-state index contributed by atoms with van der Waals surface area (Å²) in [6, 6.07) is 15.2. The molecule has 2 aromatic rings. The zero-order valence-corrected chi connectivity index (χ0v) is 14.8. The van der Waals surface area contributed by atoms with Gasteiger partial charge in [0.05, 0.1) is 11.8 Å². The van der Waals surface area contributed by atoms with Gasteiger partial charge in [0.1, 0.15) is 0 Å². The molecule has 2 unspecified atom stereocenters. The Kier molecular flexibility index (Phi) is 5.99. The van der Waals surface area contributed by atoms with E-state index in [0.29, 0.717) is 0 Å². The monoisotopic (exact) mass is 326 g/mol. The zero-order chi connectivity index (χ0) is 17.7. The van der Waals surface area contributed by atoms with E-state index in [-0.39, 0.29) is 11.9 Å². The van der Waals surface area contributed by atoms with Gasteiger partial charge < -0.3 is 10.4 Å². The number of carbonyl (C=O) groups excluding carboxylic acids is 1. The molecule has 2 atom stereocenters. The Labute approximate surface area is 144 Å². The summed E-state index contributed by atoms with van der Waals surface area (Å²) < 4.78 is 0. The van der Waals surface area contributed by atoms with Crippen molar-refractivity contribution in [3.63, 3.8) is 0 Å². The van der Waals surface area contributed by atoms with Crippen LogP contribution in [0.4, 0.5) is 16.2 Å². The number of aryl methyl sites for hydroxylation is 1. The molecule has 0 fully saturated rings. The molecule has 2 rings (SSSR count). The number of anilines is 2. The van der Waals surface area contributed by atoms with Gasteiger partial charge in [-0.3, -0.25) is 4.90 Å². The molecule has 0 heterocycles. The highest BCUT2D eigenvalue weighted by Crippen LogP contribution is 2.33. The Morgan fingerprint density at radius 2 is 1.79 bits per heavy atom. The van der Waals surface area contributed by atoms with Crippen molar-refractivity contribution in [3.05, 3.63) is 59.7 Å². The summed E-state index contributed by atoms with van der Waals surface area (Å²) in [5.74, 6) is -0.0570. The molecule has 0 saturated carbocycles. The maximum atomic E-state index is 12.7. The lowest BCUT2D eigenvalue weighted by Gasteiger charge is -2.27. The molecule has 0 aliphatic carbocycles. The molecule has 0 saturated heterocycles. The van der Waals surface area contributed by atoms with E-state index in [4.69, 9.17) is 0 Å². The predicted octanol–water partition coefficient (Wildman–Crippen LogP) is 4.40. The lowest BCUT2D eigenvalue weighted by molar-refractivity contribution is 0.169. The lowest BCUT2D eigenvalue weighted by Crippen LogP contribution is -2.33. The highest BCUT2D eigenvalue weighted by molar-refractivity contribution is 6.02. The second-order valence-electron chi connectivity index (χ2n) is 6.09. The Morgan fingerprint density at radius 1 is 1.12 bits per heavy atom. The minimum Gasteiger partial charge on any atom is -0.393 e. The predicted molar refractivity (Wildman–Crippen MR) is 99.8 cm³/mol. The maximum absolute atomic E-state index is 12.7. The summed E-state index contributed by atoms with van der Waals surface area (Å²) in [6.07, 6.45) is 0.333. The standard InChI is InChI=1S/C20H26N2O2/c1-5-16-10-9-13-18(14(2)15(3)23)19(16)22(4)20(24)21-17-11-7-6-8-12-17/h6-15,23H,5H2,1-4H3,(H,21,24). The molecule has 0 aliphatic heterocycles. The Hall–Kier alpha value is -2.33. The van der Waals surface area contributed by atoms with E-state index in [9.17, 15) is 9.90 Å². The van der Waals surface area contributed by atoms with Crippen LogP contribution in [0.25, 0.3) is 0 Å². The third-order valence-electron chi connectivity index (χ3n) is 4.41. The van der Waals surface area contributed by atoms with Crippen LogP contribution >= 0.6 is 0 Å². The third-order valence-corrected chi connectivity index (χ3v) is 4.41. The highest BCUT2D eigenvalue weighted by Gasteiger charge is 2.22. The number of rotatable bonds is 5. The number of hydrogen-bond acceptors (Lipinski definition) is 2. The van der Waals surface area contributed by atoms with Gasteiger partial charge >= 0.3 is 6.03 Å². The number of hydrogen-bond donors (Lipinski definition) is 2. The van der Waals surface area contributed by atoms with Crippen LogP contribution in [0.15, 0.2) is 48.5 Å². The normalized spacial score (nSPS) is 13.2. The molecule has 24 heavy (non-hydrogen) atoms. The zero-order valence-electron chi connectivity index (χ0n) is 14.8. The van der Waals surface area contributed by atoms with Gasteiger partial charge in [-0.15, -0.1) is 0 Å². The van der Waals surface area contributed by atoms with Crippen molar-refractivity contribution in [3.8, 4) is 0 Å². The Bertz CT molecular complexity index is 683. The largest absolute Gasteiger partial charge is 0.393 e. The van der Waals surface area contributed by atoms with Crippen molar-refractivity contribution >= 4 is 17.4 Å². The topological polar surface area (TPSA) is 52.6 Å². The maximum Gasteiger partial charge on any atom is 0.326 e. The van der Waals surface area contributed by atoms with Gasteiger partial charge in [-0.05, 0) is 36.6 Å². The van der Waals surface area contributed by atoms with Crippen LogP contribution in [-0.2, 0) is 6.42 Å². The van der Waals surface area contributed by atoms with E-state index < -0.39 is 6.10 Å². The van der Waals surface area contributed by atoms with Crippen LogP contribution in [0.5, 0.6) is 0 Å². The Balaban J connectivity index is 2.36. The molecule has 2 N–H and O–H groups in total. The van der Waals surface area contributed by atoms with E-state index in [1.165, 1.54) is 0 Å². The van der Waals surface area contributed by atoms with Crippen LogP contribution < -0.4 is 10.2 Å². The van der Waals surface area contributed by atoms with Crippen LogP contribution in [0.3, 0.4) is 0 Å². The number of nitrogens with zero attached hydrogens (tertiary/aromatic N) is 1. The van der Waals surface area contributed by atoms with Crippen LogP contribution in [-0.4, -0.2) is 24.3 Å². The molecule has 4 nitrogen and oxygen atoms in total. The van der Waals surface area contributed by atoms with Gasteiger partial charge in [0.15, 0.2) is 0 Å². The van der Waals surface area contributed by atoms with E-state index in [2.05, 4.69) is 12.2 Å². The number of amides is 2. The van der Waals surface area contributed by atoms with Crippen molar-refractivity contribution in [2.45, 2.75) is 39.2 Å². The van der Waals surface area contributed by atoms with E-state index in [1.807, 2.05) is 55.5 Å². The van der Waals surface area contributed by atoms with E-state index in [1.54, 1.807) is 18.9 Å². The average Bonchev–Trinajstić information content (AvgIpc) is 2.60. The molecule has 2 amide bonds. The molecule has 0 bridgehead atoms. The first kappa shape index (κ1) is 18.0. The summed E-state index contributed by atoms with van der Waals surface area (Å²) >= 11 is 0. The van der Waals surface area contributed by atoms with E-state index in [0.717, 1.165) is 28.9 Å². The second-order valence-corrected chi connectivity index (χ2v) is 6.09. The number of urea groups is 1. The summed E-state index contributed by atoms with van der Waals surface area (Å²) in [5, 5.41) is 12.9. The molecular formula is C20H26N2O2. The number of carbonyl (C=O) groups is 1. The number of nitrogens with one attached hydrogen (secondary N) is 1. The van der Waals surface area contributed by atoms with Crippen molar-refractivity contribution in [1.82, 2.24) is 0 Å². The fraction of sp³-hybridized carbons (Fsp3) is 0.350. The van der Waals surface area contributed by atoms with Crippen LogP contribution in [0, 0.1) is 0 Å². The van der Waals surface area contributed by atoms with Gasteiger partial charge in [0.2, 0.25) is 0 Å². The van der Waals surface area contributed by atoms with Crippen molar-refractivity contribution in [1.29, 1.82) is 0 Å². The minimum absolute atomic E-state index is 0.0570. The van der Waals surface area contributed by atoms with Crippen molar-refractivity contribution in [2.75, 3.05) is 17.3 Å². The number of para-hydroxylation sites is 2. The van der Waals surface area contributed by atoms with Crippen LogP contribution in [0.1, 0.15) is 37.8 Å². The molecule has 0 spiro atoms. The second kappa shape index (κ2) is 7.97. The Morgan fingerprint density at radius 3 is 2.38 bits per heavy atom. The van der Waals surface area contributed by atoms with Gasteiger partial charge in [-0.1, -0.05) is 50.2 Å². The summed E-state index contributed by atoms with van der Waals surface area (Å²) in [5.41, 5.74) is 3.70. The summed E-state index contributed by atoms with van der Waals surface area (Å²) in [4.78, 5) is 14.3. The van der Waals surface area contributed by atoms with Gasteiger partial charge in [0, 0.05) is 18.7 Å². The average molecular weight is 326 g/mol. The first-order valence-corrected chi connectivity index (χ1v) is 8.35. The minimum atomic E-state index is -0.485. The van der Waals surface area contributed by atoms with Crippen molar-refractivity contribution in [2.24, 2.45) is 0 Å². The number of benzene rings is 2. The number of aliphatic hydroxyl groups is 1. The van der Waals surface area contributed by atoms with E-state index >= 15 is 0 Å². The molecule has 2 aromatic carbocycles. The molecule has 0 radical (unpaired) electrons. The first-order chi connectivity index (χ1) is 11.5. The first-order valence-electron chi connectivity index (χ1n) is 8.35. The highest BCUT2D eigenvalue weighted by atomic mass is 16.3. The summed E-state index contributed by atoms with van der Waals surface area (Å²) in [7, 11) is 1.77. The SMILES string of the molecule is CCc1cccc(C(C)C(C)O)c1N(C)C(=O)Nc1ccccc1. The van der Waals surface area contributed by atoms with Gasteiger partial charge in [-0.2, -0.15) is 0 Å².